The molecule has 0 saturated heterocycles. The average Bonchev–Trinajstić information content (AvgIpc) is 3.23. The maximum Gasteiger partial charge on any atom is 0.440 e. The zero-order chi connectivity index (χ0) is 26.4. The molecule has 0 unspecified atom stereocenters. The molecule has 4 aromatic rings. The molecule has 0 atom stereocenters. The van der Waals surface area contributed by atoms with Gasteiger partial charge in [-0.3, -0.25) is 0 Å². The molecule has 0 fully saturated rings. The summed E-state index contributed by atoms with van der Waals surface area (Å²) in [4.78, 5) is 24.9. The number of anilines is 1. The van der Waals surface area contributed by atoms with Crippen molar-refractivity contribution in [2.75, 3.05) is 32.8 Å². The number of aliphatic hydroxyl groups excluding tert-OH is 1. The van der Waals surface area contributed by atoms with Crippen LogP contribution < -0.4 is 31.0 Å². The number of H-pyrrole nitrogens is 1. The number of aromatic nitrogens is 2. The highest BCUT2D eigenvalue weighted by molar-refractivity contribution is 5.81. The molecule has 0 amide bonds. The first-order chi connectivity index (χ1) is 17.9. The molecule has 37 heavy (non-hydrogen) atoms. The van der Waals surface area contributed by atoms with Gasteiger partial charge in [0.25, 0.3) is 0 Å². The van der Waals surface area contributed by atoms with Gasteiger partial charge in [0, 0.05) is 24.4 Å². The van der Waals surface area contributed by atoms with E-state index in [1.165, 1.54) is 0 Å². The van der Waals surface area contributed by atoms with Crippen molar-refractivity contribution in [3.63, 3.8) is 0 Å². The van der Waals surface area contributed by atoms with E-state index in [1.54, 1.807) is 26.4 Å². The molecule has 10 nitrogen and oxygen atoms in total. The molecule has 10 heteroatoms. The van der Waals surface area contributed by atoms with Gasteiger partial charge in [-0.05, 0) is 41.3 Å². The molecule has 0 aliphatic carbocycles. The van der Waals surface area contributed by atoms with Crippen LogP contribution in [-0.2, 0) is 13.1 Å². The molecule has 0 saturated carbocycles. The average molecular weight is 508 g/mol. The third kappa shape index (κ3) is 5.87. The van der Waals surface area contributed by atoms with Gasteiger partial charge in [0.15, 0.2) is 0 Å². The predicted molar refractivity (Wildman–Crippen MR) is 139 cm³/mol. The van der Waals surface area contributed by atoms with Gasteiger partial charge in [-0.1, -0.05) is 30.3 Å². The quantitative estimate of drug-likeness (QED) is 0.283. The number of aromatic amines is 1. The number of hydrogen-bond acceptors (Lipinski definition) is 8. The Morgan fingerprint density at radius 1 is 1.03 bits per heavy atom. The van der Waals surface area contributed by atoms with Crippen molar-refractivity contribution in [2.24, 2.45) is 0 Å². The van der Waals surface area contributed by atoms with E-state index in [9.17, 15) is 9.59 Å². The number of benzene rings is 3. The summed E-state index contributed by atoms with van der Waals surface area (Å²) in [5.74, 6) is 0.984. The summed E-state index contributed by atoms with van der Waals surface area (Å²) < 4.78 is 22.7. The fraction of sp³-hybridized carbons (Fsp3) is 0.259. The Balaban J connectivity index is 1.53. The summed E-state index contributed by atoms with van der Waals surface area (Å²) in [6, 6.07) is 17.2. The van der Waals surface area contributed by atoms with Crippen molar-refractivity contribution in [1.82, 2.24) is 9.72 Å². The lowest BCUT2D eigenvalue weighted by molar-refractivity contribution is 0.200. The summed E-state index contributed by atoms with van der Waals surface area (Å²) in [6.07, 6.45) is 0. The number of methoxy groups -OCH3 is 2. The fourth-order valence-corrected chi connectivity index (χ4v) is 4.06. The zero-order valence-corrected chi connectivity index (χ0v) is 20.9. The Hall–Kier alpha value is -4.44. The van der Waals surface area contributed by atoms with Crippen LogP contribution in [0.3, 0.4) is 0 Å². The smallest absolute Gasteiger partial charge is 0.440 e. The lowest BCUT2D eigenvalue weighted by Gasteiger charge is -2.19. The maximum atomic E-state index is 11.6. The van der Waals surface area contributed by atoms with E-state index in [4.69, 9.17) is 23.8 Å². The summed E-state index contributed by atoms with van der Waals surface area (Å²) in [5.41, 5.74) is 5.08. The first kappa shape index (κ1) is 25.6. The number of aliphatic hydroxyl groups is 1. The van der Waals surface area contributed by atoms with E-state index in [0.29, 0.717) is 23.8 Å². The van der Waals surface area contributed by atoms with E-state index in [-0.39, 0.29) is 19.8 Å². The Kier molecular flexibility index (Phi) is 7.99. The molecule has 3 N–H and O–H groups in total. The van der Waals surface area contributed by atoms with E-state index in [0.717, 1.165) is 38.2 Å². The third-order valence-electron chi connectivity index (χ3n) is 5.95. The van der Waals surface area contributed by atoms with Crippen LogP contribution in [0.1, 0.15) is 16.7 Å². The molecule has 0 bridgehead atoms. The minimum atomic E-state index is -0.776. The monoisotopic (exact) mass is 507 g/mol. The summed E-state index contributed by atoms with van der Waals surface area (Å²) in [6.45, 7) is 2.87. The molecular weight excluding hydrogens is 478 g/mol. The van der Waals surface area contributed by atoms with Gasteiger partial charge in [0.05, 0.1) is 32.9 Å². The van der Waals surface area contributed by atoms with Crippen LogP contribution in [0.25, 0.3) is 11.1 Å². The van der Waals surface area contributed by atoms with Crippen molar-refractivity contribution >= 4 is 5.69 Å². The van der Waals surface area contributed by atoms with Gasteiger partial charge >= 0.3 is 11.4 Å². The van der Waals surface area contributed by atoms with Crippen LogP contribution >= 0.6 is 0 Å². The lowest BCUT2D eigenvalue weighted by atomic mass is 9.94. The van der Waals surface area contributed by atoms with Crippen molar-refractivity contribution in [3.8, 4) is 28.4 Å². The minimum Gasteiger partial charge on any atom is -0.496 e. The SMILES string of the molecule is COc1cc(OCCO)cc(OC)c1-c1cccc(CNc2ccc(Cn3oc(=O)[nH]c3=O)cc2)c1C. The standard InChI is InChI=1S/C27H29N3O7/c1-17-19(15-28-20-9-7-18(8-10-20)16-30-26(32)29-27(33)37-30)5-4-6-22(17)25-23(34-2)13-21(36-12-11-31)14-24(25)35-3/h4-10,13-14,28,31H,11-12,15-16H2,1-3H3,(H,29,32,33). The fourth-order valence-electron chi connectivity index (χ4n) is 4.06. The first-order valence-electron chi connectivity index (χ1n) is 11.6. The number of hydrogen-bond donors (Lipinski definition) is 3. The zero-order valence-electron chi connectivity index (χ0n) is 20.9. The van der Waals surface area contributed by atoms with E-state index in [1.807, 2.05) is 43.3 Å². The van der Waals surface area contributed by atoms with Crippen molar-refractivity contribution < 1.29 is 23.8 Å². The number of ether oxygens (including phenoxy) is 3. The van der Waals surface area contributed by atoms with Crippen LogP contribution in [0.5, 0.6) is 17.2 Å². The predicted octanol–water partition coefficient (Wildman–Crippen LogP) is 3.15. The largest absolute Gasteiger partial charge is 0.496 e. The van der Waals surface area contributed by atoms with E-state index in [2.05, 4.69) is 16.4 Å². The molecule has 3 aromatic carbocycles. The second kappa shape index (κ2) is 11.5. The summed E-state index contributed by atoms with van der Waals surface area (Å²) >= 11 is 0. The van der Waals surface area contributed by atoms with Crippen molar-refractivity contribution in [3.05, 3.63) is 92.3 Å². The Morgan fingerprint density at radius 2 is 1.73 bits per heavy atom. The van der Waals surface area contributed by atoms with Gasteiger partial charge in [0.2, 0.25) is 0 Å². The van der Waals surface area contributed by atoms with Crippen LogP contribution in [0.4, 0.5) is 5.69 Å². The van der Waals surface area contributed by atoms with E-state index >= 15 is 0 Å². The summed E-state index contributed by atoms with van der Waals surface area (Å²) in [7, 11) is 3.19. The van der Waals surface area contributed by atoms with Crippen LogP contribution in [0.2, 0.25) is 0 Å². The highest BCUT2D eigenvalue weighted by Gasteiger charge is 2.18. The van der Waals surface area contributed by atoms with Gasteiger partial charge in [-0.25, -0.2) is 14.6 Å². The Bertz CT molecular complexity index is 1440. The van der Waals surface area contributed by atoms with Gasteiger partial charge in [0.1, 0.15) is 23.9 Å². The highest BCUT2D eigenvalue weighted by Crippen LogP contribution is 2.43. The topological polar surface area (TPSA) is 128 Å². The molecule has 1 heterocycles. The number of nitrogens with one attached hydrogen (secondary N) is 2. The van der Waals surface area contributed by atoms with Crippen molar-refractivity contribution in [1.29, 1.82) is 0 Å². The molecule has 1 aromatic heterocycles. The molecule has 0 spiro atoms. The number of rotatable bonds is 11. The maximum absolute atomic E-state index is 11.6. The summed E-state index contributed by atoms with van der Waals surface area (Å²) in [5, 5.41) is 12.5. The first-order valence-corrected chi connectivity index (χ1v) is 11.6. The molecule has 4 rings (SSSR count). The molecule has 0 aliphatic heterocycles. The highest BCUT2D eigenvalue weighted by atomic mass is 16.5. The van der Waals surface area contributed by atoms with Crippen LogP contribution in [-0.4, -0.2) is 42.3 Å². The normalized spacial score (nSPS) is 10.8. The number of nitrogens with zero attached hydrogens (tertiary/aromatic N) is 1. The molecule has 0 radical (unpaired) electrons. The van der Waals surface area contributed by atoms with Crippen LogP contribution in [0.15, 0.2) is 68.7 Å². The minimum absolute atomic E-state index is 0.0890. The molecular formula is C27H29N3O7. The third-order valence-corrected chi connectivity index (χ3v) is 5.95. The molecule has 194 valence electrons. The van der Waals surface area contributed by atoms with E-state index < -0.39 is 11.4 Å². The van der Waals surface area contributed by atoms with Gasteiger partial charge in [-0.2, -0.15) is 0 Å². The van der Waals surface area contributed by atoms with Crippen LogP contribution in [0, 0.1) is 6.92 Å². The van der Waals surface area contributed by atoms with Gasteiger partial charge in [-0.15, -0.1) is 4.74 Å². The molecule has 0 aliphatic rings. The second-order valence-electron chi connectivity index (χ2n) is 8.26. The Morgan fingerprint density at radius 3 is 2.32 bits per heavy atom. The Labute approximate surface area is 213 Å². The van der Waals surface area contributed by atoms with Gasteiger partial charge < -0.3 is 29.2 Å². The second-order valence-corrected chi connectivity index (χ2v) is 8.26. The lowest BCUT2D eigenvalue weighted by Crippen LogP contribution is -2.17. The van der Waals surface area contributed by atoms with Crippen molar-refractivity contribution in [2.45, 2.75) is 20.0 Å².